The number of hydrogen-bond acceptors (Lipinski definition) is 3. The molecule has 11 heavy (non-hydrogen) atoms. The topological polar surface area (TPSA) is 62.7 Å². The lowest BCUT2D eigenvalue weighted by Gasteiger charge is -2.03. The van der Waals surface area contributed by atoms with Gasteiger partial charge in [-0.15, -0.1) is 0 Å². The lowest BCUT2D eigenvalue weighted by molar-refractivity contribution is 0.924. The molecule has 1 aromatic rings. The van der Waals surface area contributed by atoms with Crippen molar-refractivity contribution < 1.29 is 0 Å². The van der Waals surface area contributed by atoms with Gasteiger partial charge in [-0.3, -0.25) is 4.98 Å². The minimum absolute atomic E-state index is 0.226. The van der Waals surface area contributed by atoms with E-state index in [1.165, 1.54) is 0 Å². The molecular weight excluding hydrogens is 138 g/mol. The van der Waals surface area contributed by atoms with Crippen molar-refractivity contribution in [1.29, 1.82) is 5.26 Å². The lowest BCUT2D eigenvalue weighted by atomic mass is 10.1. The van der Waals surface area contributed by atoms with Crippen molar-refractivity contribution in [3.05, 3.63) is 24.0 Å². The van der Waals surface area contributed by atoms with E-state index in [0.29, 0.717) is 11.4 Å². The molecule has 0 amide bonds. The third kappa shape index (κ3) is 1.47. The van der Waals surface area contributed by atoms with Crippen molar-refractivity contribution in [1.82, 2.24) is 4.98 Å². The van der Waals surface area contributed by atoms with Crippen molar-refractivity contribution in [2.24, 2.45) is 0 Å². The quantitative estimate of drug-likeness (QED) is 0.651. The summed E-state index contributed by atoms with van der Waals surface area (Å²) >= 11 is 0. The number of aromatic nitrogens is 1. The van der Waals surface area contributed by atoms with E-state index < -0.39 is 0 Å². The molecule has 0 radical (unpaired) electrons. The van der Waals surface area contributed by atoms with Crippen molar-refractivity contribution in [2.45, 2.75) is 12.8 Å². The van der Waals surface area contributed by atoms with Crippen molar-refractivity contribution in [3.8, 4) is 6.07 Å². The van der Waals surface area contributed by atoms with Gasteiger partial charge in [0.25, 0.3) is 0 Å². The zero-order valence-corrected chi connectivity index (χ0v) is 6.28. The molecule has 0 aromatic carbocycles. The predicted octanol–water partition coefficient (Wildman–Crippen LogP) is 1.29. The smallest absolute Gasteiger partial charge is 0.0877 e. The molecule has 56 valence electrons. The SMILES string of the molecule is C[C@H](C#N)c1ncccc1N. The van der Waals surface area contributed by atoms with Gasteiger partial charge in [0.2, 0.25) is 0 Å². The summed E-state index contributed by atoms with van der Waals surface area (Å²) in [4.78, 5) is 4.00. The molecule has 3 heteroatoms. The fraction of sp³-hybridized carbons (Fsp3) is 0.250. The standard InChI is InChI=1S/C8H9N3/c1-6(5-9)8-7(10)3-2-4-11-8/h2-4,6H,10H2,1H3/t6-/m1/s1. The maximum absolute atomic E-state index is 8.57. The molecule has 0 saturated heterocycles. The van der Waals surface area contributed by atoms with Crippen LogP contribution in [-0.2, 0) is 0 Å². The molecule has 0 bridgehead atoms. The Bertz CT molecular complexity index is 288. The number of pyridine rings is 1. The third-order valence-corrected chi connectivity index (χ3v) is 1.48. The Morgan fingerprint density at radius 1 is 1.73 bits per heavy atom. The van der Waals surface area contributed by atoms with Gasteiger partial charge in [0, 0.05) is 6.20 Å². The zero-order chi connectivity index (χ0) is 8.27. The fourth-order valence-electron chi connectivity index (χ4n) is 0.853. The molecule has 1 aromatic heterocycles. The second-order valence-corrected chi connectivity index (χ2v) is 2.33. The van der Waals surface area contributed by atoms with Gasteiger partial charge in [0.15, 0.2) is 0 Å². The average Bonchev–Trinajstić information content (AvgIpc) is 2.04. The number of rotatable bonds is 1. The van der Waals surface area contributed by atoms with Gasteiger partial charge in [-0.2, -0.15) is 5.26 Å². The maximum atomic E-state index is 8.57. The molecule has 0 aliphatic rings. The molecule has 0 saturated carbocycles. The summed E-state index contributed by atoms with van der Waals surface area (Å²) in [5.74, 6) is -0.226. The van der Waals surface area contributed by atoms with Crippen LogP contribution in [0.5, 0.6) is 0 Å². The van der Waals surface area contributed by atoms with Crippen LogP contribution in [0, 0.1) is 11.3 Å². The first kappa shape index (κ1) is 7.55. The molecule has 2 N–H and O–H groups in total. The second-order valence-electron chi connectivity index (χ2n) is 2.33. The molecular formula is C8H9N3. The molecule has 0 aliphatic carbocycles. The molecule has 0 aliphatic heterocycles. The van der Waals surface area contributed by atoms with Gasteiger partial charge in [0.05, 0.1) is 23.4 Å². The van der Waals surface area contributed by atoms with Gasteiger partial charge in [-0.1, -0.05) is 0 Å². The summed E-state index contributed by atoms with van der Waals surface area (Å²) in [6.07, 6.45) is 1.64. The van der Waals surface area contributed by atoms with Crippen LogP contribution >= 0.6 is 0 Å². The Balaban J connectivity index is 3.05. The van der Waals surface area contributed by atoms with Crippen LogP contribution in [0.2, 0.25) is 0 Å². The minimum Gasteiger partial charge on any atom is -0.397 e. The number of nitrogens with two attached hydrogens (primary N) is 1. The van der Waals surface area contributed by atoms with Crippen LogP contribution in [-0.4, -0.2) is 4.98 Å². The second kappa shape index (κ2) is 3.02. The predicted molar refractivity (Wildman–Crippen MR) is 42.7 cm³/mol. The Morgan fingerprint density at radius 3 is 3.00 bits per heavy atom. The number of hydrogen-bond donors (Lipinski definition) is 1. The summed E-state index contributed by atoms with van der Waals surface area (Å²) in [6, 6.07) is 5.58. The molecule has 0 unspecified atom stereocenters. The highest BCUT2D eigenvalue weighted by Gasteiger charge is 2.07. The highest BCUT2D eigenvalue weighted by Crippen LogP contribution is 2.17. The molecule has 1 rings (SSSR count). The molecule has 0 fully saturated rings. The fourth-order valence-corrected chi connectivity index (χ4v) is 0.853. The van der Waals surface area contributed by atoms with Crippen molar-refractivity contribution in [2.75, 3.05) is 5.73 Å². The lowest BCUT2D eigenvalue weighted by Crippen LogP contribution is -1.99. The van der Waals surface area contributed by atoms with Crippen molar-refractivity contribution in [3.63, 3.8) is 0 Å². The highest BCUT2D eigenvalue weighted by atomic mass is 14.7. The van der Waals surface area contributed by atoms with Gasteiger partial charge in [-0.05, 0) is 19.1 Å². The molecule has 1 atom stereocenters. The van der Waals surface area contributed by atoms with Crippen LogP contribution in [0.4, 0.5) is 5.69 Å². The normalized spacial score (nSPS) is 12.0. The summed E-state index contributed by atoms with van der Waals surface area (Å²) in [5.41, 5.74) is 6.83. The molecule has 3 nitrogen and oxygen atoms in total. The minimum atomic E-state index is -0.226. The van der Waals surface area contributed by atoms with E-state index in [9.17, 15) is 0 Å². The number of nitrogens with zero attached hydrogens (tertiary/aromatic N) is 2. The van der Waals surface area contributed by atoms with Crippen LogP contribution in [0.15, 0.2) is 18.3 Å². The summed E-state index contributed by atoms with van der Waals surface area (Å²) in [7, 11) is 0. The van der Waals surface area contributed by atoms with Crippen LogP contribution in [0.25, 0.3) is 0 Å². The first-order chi connectivity index (χ1) is 5.25. The first-order valence-electron chi connectivity index (χ1n) is 3.35. The molecule has 1 heterocycles. The zero-order valence-electron chi connectivity index (χ0n) is 6.28. The number of nitriles is 1. The number of anilines is 1. The monoisotopic (exact) mass is 147 g/mol. The Kier molecular flexibility index (Phi) is 2.07. The van der Waals surface area contributed by atoms with E-state index in [-0.39, 0.29) is 5.92 Å². The van der Waals surface area contributed by atoms with E-state index >= 15 is 0 Å². The Hall–Kier alpha value is -1.56. The van der Waals surface area contributed by atoms with E-state index in [1.807, 2.05) is 0 Å². The number of nitrogen functional groups attached to an aromatic ring is 1. The van der Waals surface area contributed by atoms with E-state index in [0.717, 1.165) is 0 Å². The maximum Gasteiger partial charge on any atom is 0.0877 e. The Morgan fingerprint density at radius 2 is 2.45 bits per heavy atom. The van der Waals surface area contributed by atoms with Crippen LogP contribution < -0.4 is 5.73 Å². The van der Waals surface area contributed by atoms with E-state index in [4.69, 9.17) is 11.0 Å². The van der Waals surface area contributed by atoms with Crippen LogP contribution in [0.1, 0.15) is 18.5 Å². The van der Waals surface area contributed by atoms with Crippen LogP contribution in [0.3, 0.4) is 0 Å². The summed E-state index contributed by atoms with van der Waals surface area (Å²) < 4.78 is 0. The largest absolute Gasteiger partial charge is 0.397 e. The van der Waals surface area contributed by atoms with Gasteiger partial charge >= 0.3 is 0 Å². The molecule has 0 spiro atoms. The van der Waals surface area contributed by atoms with Gasteiger partial charge in [-0.25, -0.2) is 0 Å². The Labute approximate surface area is 65.5 Å². The van der Waals surface area contributed by atoms with E-state index in [2.05, 4.69) is 11.1 Å². The van der Waals surface area contributed by atoms with Crippen molar-refractivity contribution >= 4 is 5.69 Å². The highest BCUT2D eigenvalue weighted by molar-refractivity contribution is 5.45. The summed E-state index contributed by atoms with van der Waals surface area (Å²) in [6.45, 7) is 1.78. The third-order valence-electron chi connectivity index (χ3n) is 1.48. The first-order valence-corrected chi connectivity index (χ1v) is 3.35. The average molecular weight is 147 g/mol. The van der Waals surface area contributed by atoms with E-state index in [1.54, 1.807) is 25.3 Å². The summed E-state index contributed by atoms with van der Waals surface area (Å²) in [5, 5.41) is 8.57. The van der Waals surface area contributed by atoms with Gasteiger partial charge < -0.3 is 5.73 Å². The van der Waals surface area contributed by atoms with Gasteiger partial charge in [0.1, 0.15) is 0 Å².